The number of hydrogen-bond donors (Lipinski definition) is 11. The van der Waals surface area contributed by atoms with Gasteiger partial charge in [0.2, 0.25) is 35.8 Å². The van der Waals surface area contributed by atoms with E-state index in [1.807, 2.05) is 0 Å². The average molecular weight is 1660 g/mol. The lowest BCUT2D eigenvalue weighted by atomic mass is 9.99. The van der Waals surface area contributed by atoms with E-state index in [2.05, 4.69) is 37.2 Å². The van der Waals surface area contributed by atoms with Crippen molar-refractivity contribution in [2.45, 2.75) is 163 Å². The minimum absolute atomic E-state index is 0.0322. The highest BCUT2D eigenvalue weighted by atomic mass is 16.7. The molecule has 42 heteroatoms. The third kappa shape index (κ3) is 35.2. The second-order valence-electron chi connectivity index (χ2n) is 28.1. The van der Waals surface area contributed by atoms with Gasteiger partial charge in [-0.3, -0.25) is 38.5 Å². The lowest BCUT2D eigenvalue weighted by Gasteiger charge is -2.38. The first kappa shape index (κ1) is 95.6. The van der Waals surface area contributed by atoms with Crippen LogP contribution in [-0.4, -0.2) is 374 Å². The third-order valence-electron chi connectivity index (χ3n) is 18.1. The highest BCUT2D eigenvalue weighted by Gasteiger charge is 2.51. The molecule has 14 atom stereocenters. The summed E-state index contributed by atoms with van der Waals surface area (Å²) in [6.07, 6.45) is -12.5. The van der Waals surface area contributed by atoms with Crippen LogP contribution in [0.5, 0.6) is 5.75 Å². The Bertz CT molecular complexity index is 3190. The Hall–Kier alpha value is -7.54. The fourth-order valence-corrected chi connectivity index (χ4v) is 12.3. The normalized spacial score (nSPS) is 23.7. The van der Waals surface area contributed by atoms with Crippen molar-refractivity contribution >= 4 is 59.5 Å². The molecule has 116 heavy (non-hydrogen) atoms. The van der Waals surface area contributed by atoms with E-state index < -0.39 is 145 Å². The molecule has 0 radical (unpaired) electrons. The number of amides is 9. The third-order valence-corrected chi connectivity index (χ3v) is 18.1. The van der Waals surface area contributed by atoms with Crippen LogP contribution in [0.2, 0.25) is 0 Å². The molecule has 11 N–H and O–H groups in total. The highest BCUT2D eigenvalue weighted by Crippen LogP contribution is 2.31. The van der Waals surface area contributed by atoms with Crippen molar-refractivity contribution in [1.29, 1.82) is 0 Å². The number of carbonyl (C=O) groups is 10. The Kier molecular flexibility index (Phi) is 43.8. The zero-order chi connectivity index (χ0) is 83.5. The van der Waals surface area contributed by atoms with Crippen LogP contribution in [0, 0.1) is 0 Å². The SMILES string of the molecule is COCCOCCOCCOCCOCCOCCOCCOCCOCCOCCOCCOCCC(=O)N[C@H]1CO[C@H]2[C@@H]1OC[C@@H]2NC(=O)CCC[C@H](NC(=O)CCN1C(=O)C=CC1=O)C(=O)NCCC(=O)NCc1cc(COC(=O)N[C@H]2CO[C@H]3[C@@H]2OC[C@@H]3NC(=O)OC(C)(C)C)ccc1O[C@@H]1O[C@H](C(=O)O)[C@@H](O)[C@H](O)[C@H]1O. The van der Waals surface area contributed by atoms with Crippen molar-refractivity contribution in [1.82, 2.24) is 42.1 Å². The summed E-state index contributed by atoms with van der Waals surface area (Å²) in [5.41, 5.74) is -0.272. The number of nitrogens with zero attached hydrogens (tertiary/aromatic N) is 1. The number of benzene rings is 1. The van der Waals surface area contributed by atoms with Crippen LogP contribution in [-0.2, 0) is 142 Å². The smallest absolute Gasteiger partial charge is 0.408 e. The van der Waals surface area contributed by atoms with E-state index in [4.69, 9.17) is 94.7 Å². The number of carbonyl (C=O) groups excluding carboxylic acids is 9. The number of ether oxygens (including phenoxy) is 20. The molecule has 0 bridgehead atoms. The largest absolute Gasteiger partial charge is 0.479 e. The van der Waals surface area contributed by atoms with Gasteiger partial charge in [-0.05, 0) is 51.3 Å². The zero-order valence-corrected chi connectivity index (χ0v) is 66.1. The fraction of sp³-hybridized carbons (Fsp3) is 0.757. The van der Waals surface area contributed by atoms with Crippen LogP contribution in [0.25, 0.3) is 0 Å². The van der Waals surface area contributed by atoms with Gasteiger partial charge in [0.05, 0.1) is 203 Å². The summed E-state index contributed by atoms with van der Waals surface area (Å²) in [6, 6.07) is 0.630. The Morgan fingerprint density at radius 2 is 0.948 bits per heavy atom. The maximum atomic E-state index is 13.8. The van der Waals surface area contributed by atoms with Gasteiger partial charge in [-0.2, -0.15) is 0 Å². The van der Waals surface area contributed by atoms with Gasteiger partial charge in [-0.15, -0.1) is 0 Å². The summed E-state index contributed by atoms with van der Waals surface area (Å²) in [7, 11) is 1.63. The molecule has 0 aromatic heterocycles. The lowest BCUT2D eigenvalue weighted by Crippen LogP contribution is -2.61. The van der Waals surface area contributed by atoms with E-state index in [9.17, 15) is 68.4 Å². The minimum Gasteiger partial charge on any atom is -0.479 e. The van der Waals surface area contributed by atoms with Crippen molar-refractivity contribution < 1.29 is 163 Å². The van der Waals surface area contributed by atoms with Gasteiger partial charge in [-0.25, -0.2) is 14.4 Å². The Morgan fingerprint density at radius 1 is 0.509 bits per heavy atom. The molecule has 1 aromatic rings. The first-order valence-electron chi connectivity index (χ1n) is 38.9. The molecule has 0 aliphatic carbocycles. The molecule has 0 spiro atoms. The highest BCUT2D eigenvalue weighted by molar-refractivity contribution is 6.13. The van der Waals surface area contributed by atoms with Crippen LogP contribution in [0.15, 0.2) is 30.4 Å². The van der Waals surface area contributed by atoms with Crippen LogP contribution >= 0.6 is 0 Å². The molecule has 6 heterocycles. The summed E-state index contributed by atoms with van der Waals surface area (Å²) in [4.78, 5) is 130. The van der Waals surface area contributed by atoms with Crippen LogP contribution < -0.4 is 42.0 Å². The van der Waals surface area contributed by atoms with E-state index in [0.29, 0.717) is 144 Å². The quantitative estimate of drug-likeness (QED) is 0.0221. The van der Waals surface area contributed by atoms with Crippen molar-refractivity contribution in [3.63, 3.8) is 0 Å². The first-order chi connectivity index (χ1) is 56.0. The van der Waals surface area contributed by atoms with Gasteiger partial charge in [-0.1, -0.05) is 6.07 Å². The molecular formula is C74H116N8O34. The summed E-state index contributed by atoms with van der Waals surface area (Å²) in [5, 5.41) is 60.3. The van der Waals surface area contributed by atoms with Crippen LogP contribution in [0.1, 0.15) is 70.4 Å². The number of carboxylic acid groups (broad SMARTS) is 1. The fourth-order valence-electron chi connectivity index (χ4n) is 12.3. The lowest BCUT2D eigenvalue weighted by molar-refractivity contribution is -0.271. The van der Waals surface area contributed by atoms with Gasteiger partial charge in [0, 0.05) is 70.1 Å². The monoisotopic (exact) mass is 1660 g/mol. The zero-order valence-electron chi connectivity index (χ0n) is 66.1. The number of rotatable bonds is 59. The molecule has 1 aromatic carbocycles. The molecule has 0 unspecified atom stereocenters. The molecule has 42 nitrogen and oxygen atoms in total. The molecular weight excluding hydrogens is 1540 g/mol. The molecule has 0 saturated carbocycles. The van der Waals surface area contributed by atoms with Crippen molar-refractivity contribution in [3.05, 3.63) is 41.5 Å². The van der Waals surface area contributed by atoms with E-state index in [-0.39, 0.29) is 122 Å². The molecule has 5 saturated heterocycles. The number of aliphatic hydroxyl groups excluding tert-OH is 3. The molecule has 6 aliphatic heterocycles. The number of alkyl carbamates (subject to hydrolysis) is 2. The van der Waals surface area contributed by atoms with Gasteiger partial charge in [0.15, 0.2) is 6.10 Å². The summed E-state index contributed by atoms with van der Waals surface area (Å²) >= 11 is 0. The Morgan fingerprint density at radius 3 is 1.41 bits per heavy atom. The number of fused-ring (bicyclic) bond motifs is 2. The van der Waals surface area contributed by atoms with Crippen molar-refractivity contribution in [3.8, 4) is 5.75 Å². The van der Waals surface area contributed by atoms with Gasteiger partial charge in [0.25, 0.3) is 11.8 Å². The minimum atomic E-state index is -2.03. The average Bonchev–Trinajstić information content (AvgIpc) is 1.37. The number of nitrogens with one attached hydrogen (secondary N) is 7. The first-order valence-corrected chi connectivity index (χ1v) is 38.9. The number of methoxy groups -OCH3 is 1. The number of imide groups is 1. The molecule has 7 rings (SSSR count). The topological polar surface area (TPSA) is 524 Å². The van der Waals surface area contributed by atoms with Crippen LogP contribution in [0.3, 0.4) is 0 Å². The van der Waals surface area contributed by atoms with E-state index in [0.717, 1.165) is 17.1 Å². The number of hydrogen-bond acceptors (Lipinski definition) is 33. The van der Waals surface area contributed by atoms with Gasteiger partial charge >= 0.3 is 18.2 Å². The maximum absolute atomic E-state index is 13.8. The van der Waals surface area contributed by atoms with Crippen LogP contribution in [0.4, 0.5) is 9.59 Å². The Balaban J connectivity index is 0.740. The molecule has 6 aliphatic rings. The van der Waals surface area contributed by atoms with E-state index in [1.54, 1.807) is 27.9 Å². The second kappa shape index (κ2) is 53.1. The van der Waals surface area contributed by atoms with Gasteiger partial charge < -0.3 is 152 Å². The summed E-state index contributed by atoms with van der Waals surface area (Å²) in [6.45, 7) is 13.9. The Labute approximate surface area is 671 Å². The second-order valence-corrected chi connectivity index (χ2v) is 28.1. The summed E-state index contributed by atoms with van der Waals surface area (Å²) < 4.78 is 111. The van der Waals surface area contributed by atoms with E-state index in [1.165, 1.54) is 18.2 Å². The number of aliphatic carboxylic acids is 1. The van der Waals surface area contributed by atoms with Crippen molar-refractivity contribution in [2.24, 2.45) is 0 Å². The van der Waals surface area contributed by atoms with E-state index >= 15 is 0 Å². The standard InChI is InChI=1S/C74H116N8O34/c1-74(2,3)116-73(96)81-53-46-112-66-52(45-111-67(53)66)80-72(95)113-42-47-8-9-54(114-71-63(91)61(89)62(90)68(115-71)70(93)94)48(40-47)41-76-55(83)12-15-75-69(92)49(77-57(85)13-16-82-59(87)10-11-60(82)88)6-5-7-56(84)78-50-43-109-65-51(44-110-64(50)65)79-58(86)14-17-98-20-21-100-24-25-102-28-29-104-32-33-106-36-37-108-39-38-107-35-34-105-31-30-103-27-26-101-23-22-99-19-18-97-4/h8-11,40,49-53,61-68,71,89-91H,5-7,12-39,41-46H2,1-4H3,(H,75,92)(H,76,83)(H,77,85)(H,78,84)(H,79,86)(H,80,95)(H,81,96)(H,93,94)/t49-,50-,51-,52-,53-,61-,62-,63+,64+,65+,66+,67+,68-,71+/m0/s1. The molecule has 9 amide bonds. The predicted octanol–water partition coefficient (Wildman–Crippen LogP) is -3.68. The van der Waals surface area contributed by atoms with Gasteiger partial charge in [0.1, 0.15) is 66.7 Å². The number of carboxylic acids is 1. The maximum Gasteiger partial charge on any atom is 0.408 e. The molecule has 5 fully saturated rings. The summed E-state index contributed by atoms with van der Waals surface area (Å²) in [5.74, 6) is -5.85. The number of aliphatic hydroxyl groups is 3. The van der Waals surface area contributed by atoms with Crippen molar-refractivity contribution in [2.75, 3.05) is 199 Å². The predicted molar refractivity (Wildman–Crippen MR) is 396 cm³/mol. The molecule has 656 valence electrons.